The summed E-state index contributed by atoms with van der Waals surface area (Å²) >= 11 is 7.44. The molecule has 1 amide bonds. The molecule has 1 atom stereocenters. The first-order chi connectivity index (χ1) is 8.59. The maximum absolute atomic E-state index is 11.9. The van der Waals surface area contributed by atoms with Crippen molar-refractivity contribution in [3.63, 3.8) is 0 Å². The van der Waals surface area contributed by atoms with E-state index >= 15 is 0 Å². The largest absolute Gasteiger partial charge is 0.478 e. The van der Waals surface area contributed by atoms with Crippen molar-refractivity contribution >= 4 is 40.9 Å². The summed E-state index contributed by atoms with van der Waals surface area (Å²) in [6.07, 6.45) is 0. The molecule has 0 aliphatic carbocycles. The summed E-state index contributed by atoms with van der Waals surface area (Å²) in [5, 5.41) is 14.8. The minimum atomic E-state index is -1.16. The average molecular weight is 287 g/mol. The van der Waals surface area contributed by atoms with E-state index in [-0.39, 0.29) is 28.2 Å². The molecule has 2 rings (SSSR count). The Balaban J connectivity index is 2.20. The fraction of sp³-hybridized carbons (Fsp3) is 0.273. The van der Waals surface area contributed by atoms with Gasteiger partial charge in [0, 0.05) is 11.6 Å². The van der Waals surface area contributed by atoms with Crippen LogP contribution in [0, 0.1) is 0 Å². The van der Waals surface area contributed by atoms with E-state index in [0.29, 0.717) is 5.75 Å². The molecule has 1 heterocycles. The summed E-state index contributed by atoms with van der Waals surface area (Å²) in [5.41, 5.74) is 0.136. The first kappa shape index (κ1) is 13.2. The lowest BCUT2D eigenvalue weighted by molar-refractivity contribution is -0.117. The second-order valence-electron chi connectivity index (χ2n) is 3.73. The Morgan fingerprint density at radius 1 is 1.50 bits per heavy atom. The topological polar surface area (TPSA) is 78.4 Å². The molecule has 1 saturated heterocycles. The number of anilines is 1. The number of carbonyl (C=O) groups excluding carboxylic acids is 1. The van der Waals surface area contributed by atoms with E-state index in [0.717, 1.165) is 5.88 Å². The first-order valence-electron chi connectivity index (χ1n) is 5.23. The van der Waals surface area contributed by atoms with Crippen LogP contribution in [0.15, 0.2) is 18.2 Å². The standard InChI is InChI=1S/C11H11ClN2O3S/c12-6-2-1-3-7(9(6)11(16)17)14-10(15)8-4-18-5-13-8/h1-3,8,13H,4-5H2,(H,14,15)(H,16,17). The Labute approximate surface area is 113 Å². The van der Waals surface area contributed by atoms with E-state index in [2.05, 4.69) is 10.6 Å². The van der Waals surface area contributed by atoms with Gasteiger partial charge in [-0.3, -0.25) is 10.1 Å². The quantitative estimate of drug-likeness (QED) is 0.787. The van der Waals surface area contributed by atoms with Gasteiger partial charge in [-0.15, -0.1) is 11.8 Å². The predicted octanol–water partition coefficient (Wildman–Crippen LogP) is 1.64. The van der Waals surface area contributed by atoms with Gasteiger partial charge in [0.2, 0.25) is 5.91 Å². The molecule has 0 bridgehead atoms. The molecule has 7 heteroatoms. The number of carboxylic acids is 1. The van der Waals surface area contributed by atoms with Crippen molar-refractivity contribution in [3.8, 4) is 0 Å². The number of aromatic carboxylic acids is 1. The molecule has 18 heavy (non-hydrogen) atoms. The third-order valence-electron chi connectivity index (χ3n) is 2.52. The molecule has 0 radical (unpaired) electrons. The molecule has 1 aliphatic heterocycles. The highest BCUT2D eigenvalue weighted by Crippen LogP contribution is 2.24. The van der Waals surface area contributed by atoms with E-state index in [1.165, 1.54) is 12.1 Å². The fourth-order valence-electron chi connectivity index (χ4n) is 1.63. The number of carbonyl (C=O) groups is 2. The predicted molar refractivity (Wildman–Crippen MR) is 71.3 cm³/mol. The van der Waals surface area contributed by atoms with Crippen LogP contribution in [0.4, 0.5) is 5.69 Å². The van der Waals surface area contributed by atoms with Crippen LogP contribution < -0.4 is 10.6 Å². The Kier molecular flexibility index (Phi) is 4.11. The molecule has 0 aromatic heterocycles. The number of hydrogen-bond donors (Lipinski definition) is 3. The number of hydrogen-bond acceptors (Lipinski definition) is 4. The number of thioether (sulfide) groups is 1. The Hall–Kier alpha value is -1.24. The second-order valence-corrected chi connectivity index (χ2v) is 5.17. The van der Waals surface area contributed by atoms with Crippen LogP contribution in [-0.4, -0.2) is 34.7 Å². The third kappa shape index (κ3) is 2.77. The maximum atomic E-state index is 11.9. The molecule has 3 N–H and O–H groups in total. The first-order valence-corrected chi connectivity index (χ1v) is 6.76. The van der Waals surface area contributed by atoms with Crippen LogP contribution in [0.3, 0.4) is 0 Å². The second kappa shape index (κ2) is 5.60. The summed E-state index contributed by atoms with van der Waals surface area (Å²) in [6, 6.07) is 4.30. The van der Waals surface area contributed by atoms with Crippen molar-refractivity contribution in [1.29, 1.82) is 0 Å². The van der Waals surface area contributed by atoms with Crippen LogP contribution in [0.2, 0.25) is 5.02 Å². The van der Waals surface area contributed by atoms with Gasteiger partial charge < -0.3 is 10.4 Å². The Morgan fingerprint density at radius 3 is 2.89 bits per heavy atom. The van der Waals surface area contributed by atoms with E-state index in [1.54, 1.807) is 17.8 Å². The van der Waals surface area contributed by atoms with Crippen LogP contribution in [0.5, 0.6) is 0 Å². The monoisotopic (exact) mass is 286 g/mol. The number of nitrogens with one attached hydrogen (secondary N) is 2. The van der Waals surface area contributed by atoms with Gasteiger partial charge in [0.25, 0.3) is 0 Å². The highest BCUT2D eigenvalue weighted by Gasteiger charge is 2.24. The van der Waals surface area contributed by atoms with E-state index in [1.807, 2.05) is 0 Å². The lowest BCUT2D eigenvalue weighted by Crippen LogP contribution is -2.37. The van der Waals surface area contributed by atoms with Gasteiger partial charge in [-0.1, -0.05) is 17.7 Å². The highest BCUT2D eigenvalue weighted by atomic mass is 35.5. The molecule has 1 aromatic rings. The molecule has 1 fully saturated rings. The number of benzene rings is 1. The number of rotatable bonds is 3. The van der Waals surface area contributed by atoms with Gasteiger partial charge >= 0.3 is 5.97 Å². The summed E-state index contributed by atoms with van der Waals surface area (Å²) in [4.78, 5) is 23.0. The molecule has 0 spiro atoms. The van der Waals surface area contributed by atoms with E-state index in [4.69, 9.17) is 16.7 Å². The van der Waals surface area contributed by atoms with Crippen LogP contribution >= 0.6 is 23.4 Å². The molecule has 5 nitrogen and oxygen atoms in total. The highest BCUT2D eigenvalue weighted by molar-refractivity contribution is 7.99. The molecule has 0 saturated carbocycles. The summed E-state index contributed by atoms with van der Waals surface area (Å²) in [5.74, 6) is -0.0109. The molecular formula is C11H11ClN2O3S. The summed E-state index contributed by atoms with van der Waals surface area (Å²) < 4.78 is 0. The van der Waals surface area contributed by atoms with E-state index < -0.39 is 5.97 Å². The molecule has 1 unspecified atom stereocenters. The average Bonchev–Trinajstić information content (AvgIpc) is 2.81. The smallest absolute Gasteiger partial charge is 0.339 e. The molecule has 96 valence electrons. The minimum Gasteiger partial charge on any atom is -0.478 e. The van der Waals surface area contributed by atoms with E-state index in [9.17, 15) is 9.59 Å². The summed E-state index contributed by atoms with van der Waals surface area (Å²) in [6.45, 7) is 0. The minimum absolute atomic E-state index is 0.0850. The molecule has 1 aliphatic rings. The zero-order valence-electron chi connectivity index (χ0n) is 9.27. The third-order valence-corrected chi connectivity index (χ3v) is 3.77. The van der Waals surface area contributed by atoms with Gasteiger partial charge in [0.15, 0.2) is 0 Å². The van der Waals surface area contributed by atoms with Crippen molar-refractivity contribution in [1.82, 2.24) is 5.32 Å². The van der Waals surface area contributed by atoms with Crippen molar-refractivity contribution in [3.05, 3.63) is 28.8 Å². The van der Waals surface area contributed by atoms with Crippen LogP contribution in [0.1, 0.15) is 10.4 Å². The zero-order valence-corrected chi connectivity index (χ0v) is 10.8. The fourth-order valence-corrected chi connectivity index (χ4v) is 2.83. The molecular weight excluding hydrogens is 276 g/mol. The number of amides is 1. The summed E-state index contributed by atoms with van der Waals surface area (Å²) in [7, 11) is 0. The maximum Gasteiger partial charge on any atom is 0.339 e. The van der Waals surface area contributed by atoms with Crippen LogP contribution in [-0.2, 0) is 4.79 Å². The van der Waals surface area contributed by atoms with Gasteiger partial charge in [-0.05, 0) is 12.1 Å². The number of carboxylic acid groups (broad SMARTS) is 1. The van der Waals surface area contributed by atoms with Crippen molar-refractivity contribution in [2.45, 2.75) is 6.04 Å². The number of halogens is 1. The Bertz CT molecular complexity index is 489. The Morgan fingerprint density at radius 2 is 2.28 bits per heavy atom. The van der Waals surface area contributed by atoms with Crippen molar-refractivity contribution in [2.75, 3.05) is 16.9 Å². The van der Waals surface area contributed by atoms with Gasteiger partial charge in [0.1, 0.15) is 5.56 Å². The zero-order chi connectivity index (χ0) is 13.1. The normalized spacial score (nSPS) is 18.6. The van der Waals surface area contributed by atoms with Gasteiger partial charge in [-0.25, -0.2) is 4.79 Å². The lowest BCUT2D eigenvalue weighted by Gasteiger charge is -2.13. The van der Waals surface area contributed by atoms with Gasteiger partial charge in [0.05, 0.1) is 16.8 Å². The van der Waals surface area contributed by atoms with Crippen LogP contribution in [0.25, 0.3) is 0 Å². The SMILES string of the molecule is O=C(O)c1c(Cl)cccc1NC(=O)C1CSCN1. The van der Waals surface area contributed by atoms with Gasteiger partial charge in [-0.2, -0.15) is 0 Å². The molecule has 1 aromatic carbocycles. The lowest BCUT2D eigenvalue weighted by atomic mass is 10.1. The van der Waals surface area contributed by atoms with Crippen molar-refractivity contribution < 1.29 is 14.7 Å². The van der Waals surface area contributed by atoms with Crippen molar-refractivity contribution in [2.24, 2.45) is 0 Å².